The minimum Gasteiger partial charge on any atom is -0.464 e. The van der Waals surface area contributed by atoms with Crippen molar-refractivity contribution >= 4 is 36.6 Å². The maximum atomic E-state index is 13.1. The number of benzene rings is 1. The van der Waals surface area contributed by atoms with Crippen LogP contribution in [-0.2, 0) is 37.4 Å². The first-order chi connectivity index (χ1) is 16.5. The summed E-state index contributed by atoms with van der Waals surface area (Å²) in [6.07, 6.45) is -0.148. The second-order valence-electron chi connectivity index (χ2n) is 8.99. The van der Waals surface area contributed by atoms with Gasteiger partial charge in [-0.1, -0.05) is 17.7 Å². The lowest BCUT2D eigenvalue weighted by molar-refractivity contribution is -0.166. The molecule has 2 fully saturated rings. The number of carbonyl (C=O) groups excluding carboxylic acids is 2. The summed E-state index contributed by atoms with van der Waals surface area (Å²) in [5.41, 5.74) is 6.60. The van der Waals surface area contributed by atoms with E-state index < -0.39 is 31.3 Å². The predicted octanol–water partition coefficient (Wildman–Crippen LogP) is 4.04. The molecule has 1 aromatic rings. The molecule has 5 atom stereocenters. The van der Waals surface area contributed by atoms with E-state index in [1.165, 1.54) is 14.2 Å². The fourth-order valence-electron chi connectivity index (χ4n) is 4.72. The Labute approximate surface area is 210 Å². The van der Waals surface area contributed by atoms with Crippen LogP contribution in [0, 0.1) is 11.8 Å². The largest absolute Gasteiger partial charge is 0.464 e. The molecule has 1 aliphatic heterocycles. The summed E-state index contributed by atoms with van der Waals surface area (Å²) < 4.78 is 45.9. The third kappa shape index (κ3) is 6.07. The second kappa shape index (κ2) is 11.3. The number of fused-ring (bicyclic) bond motifs is 1. The topological polar surface area (TPSA) is 133 Å². The van der Waals surface area contributed by atoms with Crippen LogP contribution in [-0.4, -0.2) is 63.0 Å². The summed E-state index contributed by atoms with van der Waals surface area (Å²) in [5, 5.41) is 0.292. The lowest BCUT2D eigenvalue weighted by Crippen LogP contribution is -2.33. The van der Waals surface area contributed by atoms with Crippen LogP contribution in [0.4, 0.5) is 5.69 Å². The van der Waals surface area contributed by atoms with Crippen molar-refractivity contribution in [2.75, 3.05) is 33.2 Å². The molecule has 1 saturated carbocycles. The van der Waals surface area contributed by atoms with Crippen molar-refractivity contribution in [2.24, 2.45) is 11.8 Å². The van der Waals surface area contributed by atoms with Gasteiger partial charge in [0, 0.05) is 32.2 Å². The van der Waals surface area contributed by atoms with E-state index in [-0.39, 0.29) is 48.9 Å². The van der Waals surface area contributed by atoms with Crippen molar-refractivity contribution in [3.63, 3.8) is 0 Å². The number of esters is 1. The Balaban J connectivity index is 1.78. The molecule has 196 valence electrons. The van der Waals surface area contributed by atoms with Gasteiger partial charge in [-0.15, -0.1) is 0 Å². The van der Waals surface area contributed by atoms with Gasteiger partial charge in [0.2, 0.25) is 0 Å². The molecule has 0 aromatic heterocycles. The normalized spacial score (nSPS) is 26.3. The van der Waals surface area contributed by atoms with Gasteiger partial charge in [-0.25, -0.2) is 4.79 Å². The van der Waals surface area contributed by atoms with E-state index in [2.05, 4.69) is 0 Å². The molecular formula is C23H33ClNO9P. The lowest BCUT2D eigenvalue weighted by atomic mass is 9.94. The maximum Gasteiger partial charge on any atom is 0.370 e. The monoisotopic (exact) mass is 533 g/mol. The van der Waals surface area contributed by atoms with E-state index in [0.29, 0.717) is 17.1 Å². The van der Waals surface area contributed by atoms with Gasteiger partial charge in [-0.3, -0.25) is 9.36 Å². The SMILES string of the molecule is CCOC(=O)C(OC[C@H]1C[C@@H](CC(=O)c2c(N)cccc2Cl)[C@@H]2OC(C)(C)O[C@H]12)P(=O)(OC)OC. The van der Waals surface area contributed by atoms with Gasteiger partial charge in [0.15, 0.2) is 11.6 Å². The van der Waals surface area contributed by atoms with Gasteiger partial charge in [-0.2, -0.15) is 0 Å². The highest BCUT2D eigenvalue weighted by Crippen LogP contribution is 2.53. The zero-order valence-electron chi connectivity index (χ0n) is 20.5. The zero-order chi connectivity index (χ0) is 26.0. The number of anilines is 1. The molecule has 2 aliphatic rings. The first kappa shape index (κ1) is 28.1. The number of rotatable bonds is 11. The molecule has 12 heteroatoms. The number of halogens is 1. The van der Waals surface area contributed by atoms with E-state index in [1.54, 1.807) is 39.0 Å². The van der Waals surface area contributed by atoms with E-state index in [0.717, 1.165) is 0 Å². The fourth-order valence-corrected chi connectivity index (χ4v) is 6.14. The summed E-state index contributed by atoms with van der Waals surface area (Å²) in [6.45, 7) is 5.26. The van der Waals surface area contributed by atoms with Gasteiger partial charge in [0.05, 0.1) is 36.0 Å². The van der Waals surface area contributed by atoms with Crippen molar-refractivity contribution in [1.29, 1.82) is 0 Å². The van der Waals surface area contributed by atoms with Crippen LogP contribution in [0.5, 0.6) is 0 Å². The smallest absolute Gasteiger partial charge is 0.370 e. The molecule has 1 aromatic carbocycles. The molecular weight excluding hydrogens is 501 g/mol. The van der Waals surface area contributed by atoms with Gasteiger partial charge >= 0.3 is 13.6 Å². The fraction of sp³-hybridized carbons (Fsp3) is 0.652. The van der Waals surface area contributed by atoms with Gasteiger partial charge in [-0.05, 0) is 45.2 Å². The van der Waals surface area contributed by atoms with E-state index in [9.17, 15) is 14.2 Å². The highest BCUT2D eigenvalue weighted by atomic mass is 35.5. The van der Waals surface area contributed by atoms with Gasteiger partial charge < -0.3 is 33.7 Å². The van der Waals surface area contributed by atoms with Crippen molar-refractivity contribution in [2.45, 2.75) is 57.5 Å². The second-order valence-corrected chi connectivity index (χ2v) is 11.7. The van der Waals surface area contributed by atoms with Crippen LogP contribution in [0.2, 0.25) is 5.02 Å². The Kier molecular flexibility index (Phi) is 9.02. The summed E-state index contributed by atoms with van der Waals surface area (Å²) in [6, 6.07) is 4.93. The summed E-state index contributed by atoms with van der Waals surface area (Å²) in [4.78, 5) is 25.6. The van der Waals surface area contributed by atoms with E-state index in [1.807, 2.05) is 0 Å². The molecule has 35 heavy (non-hydrogen) atoms. The van der Waals surface area contributed by atoms with Crippen molar-refractivity contribution in [1.82, 2.24) is 0 Å². The minimum atomic E-state index is -3.93. The summed E-state index contributed by atoms with van der Waals surface area (Å²) >= 11 is 6.23. The maximum absolute atomic E-state index is 13.1. The molecule has 0 radical (unpaired) electrons. The number of nitrogens with two attached hydrogens (primary N) is 1. The molecule has 0 amide bonds. The van der Waals surface area contributed by atoms with Crippen LogP contribution in [0.3, 0.4) is 0 Å². The average Bonchev–Trinajstić information content (AvgIpc) is 3.27. The zero-order valence-corrected chi connectivity index (χ0v) is 22.2. The van der Waals surface area contributed by atoms with Crippen molar-refractivity contribution in [3.05, 3.63) is 28.8 Å². The number of ether oxygens (including phenoxy) is 4. The first-order valence-electron chi connectivity index (χ1n) is 11.4. The first-order valence-corrected chi connectivity index (χ1v) is 13.4. The summed E-state index contributed by atoms with van der Waals surface area (Å²) in [7, 11) is -1.59. The van der Waals surface area contributed by atoms with Crippen molar-refractivity contribution < 1.29 is 42.1 Å². The molecule has 3 rings (SSSR count). The molecule has 1 saturated heterocycles. The average molecular weight is 534 g/mol. The van der Waals surface area contributed by atoms with Crippen LogP contribution >= 0.6 is 19.2 Å². The third-order valence-electron chi connectivity index (χ3n) is 6.22. The molecule has 10 nitrogen and oxygen atoms in total. The van der Waals surface area contributed by atoms with Gasteiger partial charge in [0.25, 0.3) is 5.85 Å². The quantitative estimate of drug-likeness (QED) is 0.192. The highest BCUT2D eigenvalue weighted by Gasteiger charge is 2.55. The summed E-state index contributed by atoms with van der Waals surface area (Å²) in [5.74, 6) is -3.94. The Hall–Kier alpha value is -1.52. The molecule has 1 unspecified atom stereocenters. The van der Waals surface area contributed by atoms with Crippen LogP contribution in [0.15, 0.2) is 18.2 Å². The van der Waals surface area contributed by atoms with Gasteiger partial charge in [0.1, 0.15) is 0 Å². The Morgan fingerprint density at radius 2 is 1.83 bits per heavy atom. The molecule has 2 N–H and O–H groups in total. The third-order valence-corrected chi connectivity index (χ3v) is 8.49. The molecule has 0 bridgehead atoms. The van der Waals surface area contributed by atoms with Crippen LogP contribution in [0.1, 0.15) is 44.0 Å². The minimum absolute atomic E-state index is 0.0142. The number of carbonyl (C=O) groups is 2. The number of Topliss-reactive ketones (excluding diaryl/α,β-unsaturated/α-hetero) is 1. The Bertz CT molecular complexity index is 959. The van der Waals surface area contributed by atoms with Crippen molar-refractivity contribution in [3.8, 4) is 0 Å². The van der Waals surface area contributed by atoms with Crippen LogP contribution in [0.25, 0.3) is 0 Å². The number of ketones is 1. The van der Waals surface area contributed by atoms with E-state index in [4.69, 9.17) is 45.3 Å². The van der Waals surface area contributed by atoms with Crippen LogP contribution < -0.4 is 5.73 Å². The number of hydrogen-bond donors (Lipinski definition) is 1. The highest BCUT2D eigenvalue weighted by molar-refractivity contribution is 7.55. The Morgan fingerprint density at radius 3 is 2.40 bits per heavy atom. The standard InChI is InChI=1S/C23H33ClNO9P/c1-6-31-21(27)22(35(28,29-4)30-5)32-12-14-10-13(19-20(14)34-23(2,3)33-19)11-17(26)18-15(24)8-7-9-16(18)25/h7-9,13-14,19-20,22H,6,10-12,25H2,1-5H3/t13-,14+,19-,20+,22?/m0/s1. The molecule has 1 heterocycles. The predicted molar refractivity (Wildman–Crippen MR) is 128 cm³/mol. The lowest BCUT2D eigenvalue weighted by Gasteiger charge is -2.26. The Morgan fingerprint density at radius 1 is 1.20 bits per heavy atom. The molecule has 1 aliphatic carbocycles. The number of nitrogen functional groups attached to an aromatic ring is 1. The number of hydrogen-bond acceptors (Lipinski definition) is 10. The van der Waals surface area contributed by atoms with E-state index >= 15 is 0 Å². The molecule has 0 spiro atoms.